The summed E-state index contributed by atoms with van der Waals surface area (Å²) in [5.41, 5.74) is 3.02. The SMILES string of the molecule is S=C1NCC(=Cc2cccc(-c3cncc(OC4CCCCC4)n3)c2)S1. The molecule has 1 aliphatic heterocycles. The van der Waals surface area contributed by atoms with Gasteiger partial charge in [0.2, 0.25) is 5.88 Å². The molecular weight excluding hydrogens is 362 g/mol. The van der Waals surface area contributed by atoms with Crippen molar-refractivity contribution in [3.8, 4) is 17.1 Å². The molecule has 4 nitrogen and oxygen atoms in total. The predicted molar refractivity (Wildman–Crippen MR) is 111 cm³/mol. The molecule has 2 aliphatic rings. The highest BCUT2D eigenvalue weighted by Crippen LogP contribution is 2.27. The maximum Gasteiger partial charge on any atom is 0.233 e. The Morgan fingerprint density at radius 3 is 2.88 bits per heavy atom. The second-order valence-electron chi connectivity index (χ2n) is 6.60. The molecule has 4 rings (SSSR count). The van der Waals surface area contributed by atoms with Crippen LogP contribution in [0.25, 0.3) is 17.3 Å². The maximum absolute atomic E-state index is 6.06. The third-order valence-electron chi connectivity index (χ3n) is 4.59. The van der Waals surface area contributed by atoms with E-state index in [-0.39, 0.29) is 6.10 Å². The van der Waals surface area contributed by atoms with Crippen molar-refractivity contribution in [2.24, 2.45) is 0 Å². The molecule has 26 heavy (non-hydrogen) atoms. The molecule has 1 N–H and O–H groups in total. The zero-order chi connectivity index (χ0) is 17.8. The average molecular weight is 384 g/mol. The van der Waals surface area contributed by atoms with Crippen molar-refractivity contribution in [3.63, 3.8) is 0 Å². The van der Waals surface area contributed by atoms with E-state index in [0.29, 0.717) is 5.88 Å². The quantitative estimate of drug-likeness (QED) is 0.764. The summed E-state index contributed by atoms with van der Waals surface area (Å²) in [7, 11) is 0. The molecule has 1 saturated heterocycles. The molecule has 134 valence electrons. The number of nitrogens with zero attached hydrogens (tertiary/aromatic N) is 2. The molecule has 2 fully saturated rings. The Labute approximate surface area is 163 Å². The highest BCUT2D eigenvalue weighted by Gasteiger charge is 2.16. The van der Waals surface area contributed by atoms with Gasteiger partial charge in [-0.1, -0.05) is 48.6 Å². The van der Waals surface area contributed by atoms with E-state index in [1.807, 2.05) is 6.07 Å². The lowest BCUT2D eigenvalue weighted by Gasteiger charge is -2.22. The summed E-state index contributed by atoms with van der Waals surface area (Å²) in [6.45, 7) is 0.804. The van der Waals surface area contributed by atoms with Gasteiger partial charge in [0.25, 0.3) is 0 Å². The van der Waals surface area contributed by atoms with E-state index < -0.39 is 0 Å². The summed E-state index contributed by atoms with van der Waals surface area (Å²) in [5.74, 6) is 0.624. The Morgan fingerprint density at radius 1 is 1.19 bits per heavy atom. The van der Waals surface area contributed by atoms with Crippen LogP contribution < -0.4 is 10.1 Å². The second kappa shape index (κ2) is 8.18. The number of thiocarbonyl (C=S) groups is 1. The van der Waals surface area contributed by atoms with Crippen molar-refractivity contribution in [2.45, 2.75) is 38.2 Å². The molecule has 1 saturated carbocycles. The van der Waals surface area contributed by atoms with E-state index in [1.165, 1.54) is 24.2 Å². The topological polar surface area (TPSA) is 47.0 Å². The Balaban J connectivity index is 1.52. The summed E-state index contributed by atoms with van der Waals surface area (Å²) >= 11 is 6.79. The summed E-state index contributed by atoms with van der Waals surface area (Å²) in [6.07, 6.45) is 12.0. The van der Waals surface area contributed by atoms with Crippen LogP contribution in [0.2, 0.25) is 0 Å². The number of ether oxygens (including phenoxy) is 1. The molecule has 2 aromatic rings. The van der Waals surface area contributed by atoms with Crippen LogP contribution >= 0.6 is 24.0 Å². The summed E-state index contributed by atoms with van der Waals surface area (Å²) in [6, 6.07) is 8.32. The highest BCUT2D eigenvalue weighted by molar-refractivity contribution is 8.26. The molecule has 1 aromatic carbocycles. The number of nitrogens with one attached hydrogen (secondary N) is 1. The minimum atomic E-state index is 0.278. The van der Waals surface area contributed by atoms with E-state index in [0.717, 1.165) is 40.5 Å². The zero-order valence-electron chi connectivity index (χ0n) is 14.5. The van der Waals surface area contributed by atoms with Crippen LogP contribution in [0.4, 0.5) is 0 Å². The Bertz CT molecular complexity index is 831. The minimum absolute atomic E-state index is 0.278. The van der Waals surface area contributed by atoms with E-state index in [9.17, 15) is 0 Å². The van der Waals surface area contributed by atoms with Crippen molar-refractivity contribution in [1.29, 1.82) is 0 Å². The van der Waals surface area contributed by atoms with Gasteiger partial charge in [-0.05, 0) is 43.4 Å². The monoisotopic (exact) mass is 383 g/mol. The van der Waals surface area contributed by atoms with Gasteiger partial charge in [0.15, 0.2) is 0 Å². The van der Waals surface area contributed by atoms with Crippen LogP contribution in [0, 0.1) is 0 Å². The van der Waals surface area contributed by atoms with E-state index in [4.69, 9.17) is 17.0 Å². The molecule has 6 heteroatoms. The van der Waals surface area contributed by atoms with Gasteiger partial charge in [-0.25, -0.2) is 4.98 Å². The first kappa shape index (κ1) is 17.5. The molecule has 0 amide bonds. The minimum Gasteiger partial charge on any atom is -0.473 e. The van der Waals surface area contributed by atoms with Crippen molar-refractivity contribution in [3.05, 3.63) is 47.1 Å². The lowest BCUT2D eigenvalue weighted by atomic mass is 9.98. The number of rotatable bonds is 4. The molecule has 1 aromatic heterocycles. The fourth-order valence-corrected chi connectivity index (χ4v) is 4.42. The zero-order valence-corrected chi connectivity index (χ0v) is 16.1. The Kier molecular flexibility index (Phi) is 5.51. The van der Waals surface area contributed by atoms with Gasteiger partial charge in [0, 0.05) is 17.0 Å². The summed E-state index contributed by atoms with van der Waals surface area (Å²) in [4.78, 5) is 10.2. The Hall–Kier alpha value is -1.92. The third-order valence-corrected chi connectivity index (χ3v) is 5.84. The van der Waals surface area contributed by atoms with Gasteiger partial charge in [-0.2, -0.15) is 0 Å². The van der Waals surface area contributed by atoms with Crippen LogP contribution in [0.3, 0.4) is 0 Å². The van der Waals surface area contributed by atoms with Crippen molar-refractivity contribution >= 4 is 34.4 Å². The van der Waals surface area contributed by atoms with Crippen LogP contribution in [0.15, 0.2) is 41.6 Å². The first-order chi connectivity index (χ1) is 12.8. The summed E-state index contributed by atoms with van der Waals surface area (Å²) < 4.78 is 6.89. The number of thioether (sulfide) groups is 1. The molecule has 2 heterocycles. The fourth-order valence-electron chi connectivity index (χ4n) is 3.30. The Morgan fingerprint density at radius 2 is 2.08 bits per heavy atom. The van der Waals surface area contributed by atoms with Crippen molar-refractivity contribution in [1.82, 2.24) is 15.3 Å². The fraction of sp³-hybridized carbons (Fsp3) is 0.350. The summed E-state index contributed by atoms with van der Waals surface area (Å²) in [5, 5.41) is 3.17. The van der Waals surface area contributed by atoms with Crippen LogP contribution in [0.1, 0.15) is 37.7 Å². The number of benzene rings is 1. The molecule has 0 atom stereocenters. The van der Waals surface area contributed by atoms with Gasteiger partial charge in [-0.3, -0.25) is 4.98 Å². The van der Waals surface area contributed by atoms with Gasteiger partial charge in [0.1, 0.15) is 10.4 Å². The van der Waals surface area contributed by atoms with E-state index >= 15 is 0 Å². The molecule has 0 spiro atoms. The maximum atomic E-state index is 6.06. The number of hydrogen-bond acceptors (Lipinski definition) is 5. The number of hydrogen-bond donors (Lipinski definition) is 1. The standard InChI is InChI=1S/C20H21N3OS2/c25-20-22-11-17(26-20)10-14-5-4-6-15(9-14)18-12-21-13-19(23-18)24-16-7-2-1-3-8-16/h4-6,9-10,12-13,16H,1-3,7-8,11H2,(H,22,25). The first-order valence-electron chi connectivity index (χ1n) is 9.02. The van der Waals surface area contributed by atoms with Gasteiger partial charge < -0.3 is 10.1 Å². The van der Waals surface area contributed by atoms with Crippen LogP contribution in [-0.4, -0.2) is 26.9 Å². The van der Waals surface area contributed by atoms with Crippen molar-refractivity contribution in [2.75, 3.05) is 6.54 Å². The molecule has 0 radical (unpaired) electrons. The number of aromatic nitrogens is 2. The van der Waals surface area contributed by atoms with E-state index in [2.05, 4.69) is 39.6 Å². The smallest absolute Gasteiger partial charge is 0.233 e. The lowest BCUT2D eigenvalue weighted by Crippen LogP contribution is -2.20. The molecular formula is C20H21N3OS2. The first-order valence-corrected chi connectivity index (χ1v) is 10.2. The van der Waals surface area contributed by atoms with Gasteiger partial charge >= 0.3 is 0 Å². The third kappa shape index (κ3) is 4.43. The average Bonchev–Trinajstić information content (AvgIpc) is 3.08. The lowest BCUT2D eigenvalue weighted by molar-refractivity contribution is 0.148. The van der Waals surface area contributed by atoms with Gasteiger partial charge in [0.05, 0.1) is 18.1 Å². The highest BCUT2D eigenvalue weighted by atomic mass is 32.2. The second-order valence-corrected chi connectivity index (χ2v) is 8.40. The van der Waals surface area contributed by atoms with Gasteiger partial charge in [-0.15, -0.1) is 0 Å². The largest absolute Gasteiger partial charge is 0.473 e. The molecule has 1 aliphatic carbocycles. The van der Waals surface area contributed by atoms with E-state index in [1.54, 1.807) is 24.2 Å². The van der Waals surface area contributed by atoms with Crippen LogP contribution in [0.5, 0.6) is 5.88 Å². The molecule has 0 bridgehead atoms. The van der Waals surface area contributed by atoms with Crippen LogP contribution in [-0.2, 0) is 0 Å². The normalized spacial score (nSPS) is 19.5. The molecule has 0 unspecified atom stereocenters. The predicted octanol–water partition coefficient (Wildman–Crippen LogP) is 4.82. The van der Waals surface area contributed by atoms with Crippen molar-refractivity contribution < 1.29 is 4.74 Å².